The van der Waals surface area contributed by atoms with Crippen LogP contribution < -0.4 is 0 Å². The van der Waals surface area contributed by atoms with Crippen LogP contribution in [-0.4, -0.2) is 17.2 Å². The van der Waals surface area contributed by atoms with Crippen LogP contribution in [0.15, 0.2) is 15.9 Å². The molecular formula is C8H9BrO3S. The lowest BCUT2D eigenvalue weighted by Crippen LogP contribution is -2.19. The van der Waals surface area contributed by atoms with Crippen LogP contribution in [0.25, 0.3) is 0 Å². The summed E-state index contributed by atoms with van der Waals surface area (Å²) < 4.78 is 6.12. The normalized spacial score (nSPS) is 12.8. The SMILES string of the molecule is C[C@H](OCc1ccc(Br)s1)C(=O)O. The molecule has 0 aromatic carbocycles. The molecule has 5 heteroatoms. The van der Waals surface area contributed by atoms with Crippen LogP contribution in [0, 0.1) is 0 Å². The van der Waals surface area contributed by atoms with Gasteiger partial charge in [-0.15, -0.1) is 11.3 Å². The second-order valence-electron chi connectivity index (χ2n) is 2.50. The van der Waals surface area contributed by atoms with Crippen molar-refractivity contribution in [1.82, 2.24) is 0 Å². The summed E-state index contributed by atoms with van der Waals surface area (Å²) in [6.45, 7) is 1.87. The van der Waals surface area contributed by atoms with E-state index in [1.165, 1.54) is 6.92 Å². The number of carbonyl (C=O) groups is 1. The molecule has 0 spiro atoms. The zero-order chi connectivity index (χ0) is 9.84. The van der Waals surface area contributed by atoms with E-state index in [2.05, 4.69) is 15.9 Å². The summed E-state index contributed by atoms with van der Waals surface area (Å²) in [6, 6.07) is 3.82. The van der Waals surface area contributed by atoms with Crippen molar-refractivity contribution in [2.75, 3.05) is 0 Å². The molecule has 13 heavy (non-hydrogen) atoms. The molecule has 0 bridgehead atoms. The van der Waals surface area contributed by atoms with E-state index in [1.807, 2.05) is 12.1 Å². The molecule has 0 aliphatic carbocycles. The van der Waals surface area contributed by atoms with Gasteiger partial charge in [-0.2, -0.15) is 0 Å². The number of carboxylic acids is 1. The number of aliphatic carboxylic acids is 1. The molecule has 72 valence electrons. The van der Waals surface area contributed by atoms with E-state index in [9.17, 15) is 4.79 Å². The third-order valence-electron chi connectivity index (χ3n) is 1.45. The molecule has 1 aromatic rings. The van der Waals surface area contributed by atoms with Gasteiger partial charge in [-0.3, -0.25) is 0 Å². The van der Waals surface area contributed by atoms with Crippen LogP contribution in [0.3, 0.4) is 0 Å². The fourth-order valence-corrected chi connectivity index (χ4v) is 2.11. The molecule has 0 saturated carbocycles. The summed E-state index contributed by atoms with van der Waals surface area (Å²) in [5, 5.41) is 8.53. The summed E-state index contributed by atoms with van der Waals surface area (Å²) in [6.07, 6.45) is -0.749. The van der Waals surface area contributed by atoms with E-state index >= 15 is 0 Å². The third-order valence-corrected chi connectivity index (χ3v) is 3.05. The highest BCUT2D eigenvalue weighted by Gasteiger charge is 2.11. The Morgan fingerprint density at radius 2 is 2.46 bits per heavy atom. The Morgan fingerprint density at radius 3 is 2.92 bits per heavy atom. The van der Waals surface area contributed by atoms with Gasteiger partial charge in [-0.05, 0) is 35.0 Å². The minimum atomic E-state index is -0.935. The standard InChI is InChI=1S/C8H9BrO3S/c1-5(8(10)11)12-4-6-2-3-7(9)13-6/h2-3,5H,4H2,1H3,(H,10,11)/t5-/m0/s1. The highest BCUT2D eigenvalue weighted by molar-refractivity contribution is 9.11. The smallest absolute Gasteiger partial charge is 0.332 e. The monoisotopic (exact) mass is 264 g/mol. The summed E-state index contributed by atoms with van der Waals surface area (Å²) in [5.74, 6) is -0.935. The number of rotatable bonds is 4. The Kier molecular flexibility index (Phi) is 3.90. The molecule has 1 rings (SSSR count). The minimum absolute atomic E-state index is 0.351. The Bertz CT molecular complexity index is 297. The van der Waals surface area contributed by atoms with Crippen molar-refractivity contribution >= 4 is 33.2 Å². The molecule has 1 heterocycles. The molecule has 0 aliphatic rings. The Hall–Kier alpha value is -0.390. The van der Waals surface area contributed by atoms with E-state index in [0.29, 0.717) is 6.61 Å². The number of ether oxygens (including phenoxy) is 1. The average molecular weight is 265 g/mol. The Morgan fingerprint density at radius 1 is 1.77 bits per heavy atom. The highest BCUT2D eigenvalue weighted by Crippen LogP contribution is 2.22. The van der Waals surface area contributed by atoms with Crippen LogP contribution >= 0.6 is 27.3 Å². The lowest BCUT2D eigenvalue weighted by atomic mass is 10.4. The van der Waals surface area contributed by atoms with Crippen LogP contribution in [-0.2, 0) is 16.1 Å². The van der Waals surface area contributed by atoms with Crippen molar-refractivity contribution in [2.45, 2.75) is 19.6 Å². The van der Waals surface area contributed by atoms with E-state index in [1.54, 1.807) is 11.3 Å². The van der Waals surface area contributed by atoms with Crippen molar-refractivity contribution in [3.8, 4) is 0 Å². The minimum Gasteiger partial charge on any atom is -0.479 e. The first-order valence-corrected chi connectivity index (χ1v) is 5.29. The summed E-state index contributed by atoms with van der Waals surface area (Å²) in [7, 11) is 0. The Labute approximate surface area is 88.5 Å². The number of halogens is 1. The maximum Gasteiger partial charge on any atom is 0.332 e. The molecule has 1 atom stereocenters. The lowest BCUT2D eigenvalue weighted by molar-refractivity contribution is -0.149. The predicted octanol–water partition coefficient (Wildman–Crippen LogP) is 2.50. The first-order valence-electron chi connectivity index (χ1n) is 3.68. The maximum atomic E-state index is 10.4. The van der Waals surface area contributed by atoms with Crippen LogP contribution in [0.4, 0.5) is 0 Å². The third kappa shape index (κ3) is 3.46. The zero-order valence-corrected chi connectivity index (χ0v) is 9.39. The second kappa shape index (κ2) is 4.74. The fourth-order valence-electron chi connectivity index (χ4n) is 0.708. The highest BCUT2D eigenvalue weighted by atomic mass is 79.9. The molecule has 3 nitrogen and oxygen atoms in total. The van der Waals surface area contributed by atoms with Gasteiger partial charge in [0.25, 0.3) is 0 Å². The maximum absolute atomic E-state index is 10.4. The van der Waals surface area contributed by atoms with Gasteiger partial charge in [-0.1, -0.05) is 0 Å². The molecule has 0 amide bonds. The molecule has 1 aromatic heterocycles. The van der Waals surface area contributed by atoms with Gasteiger partial charge in [0.1, 0.15) is 0 Å². The predicted molar refractivity (Wildman–Crippen MR) is 53.9 cm³/mol. The summed E-state index contributed by atoms with van der Waals surface area (Å²) >= 11 is 4.85. The molecule has 0 fully saturated rings. The van der Waals surface area contributed by atoms with E-state index in [4.69, 9.17) is 9.84 Å². The van der Waals surface area contributed by atoms with Gasteiger partial charge in [0.05, 0.1) is 10.4 Å². The van der Waals surface area contributed by atoms with Crippen molar-refractivity contribution < 1.29 is 14.6 Å². The Balaban J connectivity index is 2.39. The molecule has 0 saturated heterocycles. The molecule has 1 N–H and O–H groups in total. The summed E-state index contributed by atoms with van der Waals surface area (Å²) in [4.78, 5) is 11.4. The number of hydrogen-bond acceptors (Lipinski definition) is 3. The van der Waals surface area contributed by atoms with Crippen LogP contribution in [0.1, 0.15) is 11.8 Å². The topological polar surface area (TPSA) is 46.5 Å². The quantitative estimate of drug-likeness (QED) is 0.909. The van der Waals surface area contributed by atoms with Gasteiger partial charge in [0, 0.05) is 4.88 Å². The van der Waals surface area contributed by atoms with Crippen LogP contribution in [0.2, 0.25) is 0 Å². The molecular weight excluding hydrogens is 256 g/mol. The van der Waals surface area contributed by atoms with E-state index < -0.39 is 12.1 Å². The van der Waals surface area contributed by atoms with Crippen molar-refractivity contribution in [3.63, 3.8) is 0 Å². The number of thiophene rings is 1. The lowest BCUT2D eigenvalue weighted by Gasteiger charge is -2.05. The second-order valence-corrected chi connectivity index (χ2v) is 5.04. The number of hydrogen-bond donors (Lipinski definition) is 1. The van der Waals surface area contributed by atoms with Gasteiger partial charge in [0.2, 0.25) is 0 Å². The molecule has 0 aliphatic heterocycles. The number of carboxylic acid groups (broad SMARTS) is 1. The largest absolute Gasteiger partial charge is 0.479 e. The van der Waals surface area contributed by atoms with Crippen molar-refractivity contribution in [1.29, 1.82) is 0 Å². The zero-order valence-electron chi connectivity index (χ0n) is 6.99. The first-order chi connectivity index (χ1) is 6.09. The van der Waals surface area contributed by atoms with E-state index in [0.717, 1.165) is 8.66 Å². The molecule has 0 radical (unpaired) electrons. The summed E-state index contributed by atoms with van der Waals surface area (Å²) in [5.41, 5.74) is 0. The molecule has 0 unspecified atom stereocenters. The van der Waals surface area contributed by atoms with Gasteiger partial charge in [-0.25, -0.2) is 4.79 Å². The van der Waals surface area contributed by atoms with Crippen molar-refractivity contribution in [2.24, 2.45) is 0 Å². The van der Waals surface area contributed by atoms with Crippen LogP contribution in [0.5, 0.6) is 0 Å². The van der Waals surface area contributed by atoms with Crippen molar-refractivity contribution in [3.05, 3.63) is 20.8 Å². The van der Waals surface area contributed by atoms with Gasteiger partial charge >= 0.3 is 5.97 Å². The average Bonchev–Trinajstić information content (AvgIpc) is 2.47. The first kappa shape index (κ1) is 10.7. The van der Waals surface area contributed by atoms with Gasteiger partial charge in [0.15, 0.2) is 6.10 Å². The van der Waals surface area contributed by atoms with Gasteiger partial charge < -0.3 is 9.84 Å². The van der Waals surface area contributed by atoms with E-state index in [-0.39, 0.29) is 0 Å². The fraction of sp³-hybridized carbons (Fsp3) is 0.375.